The van der Waals surface area contributed by atoms with Crippen molar-refractivity contribution in [3.8, 4) is 11.6 Å². The van der Waals surface area contributed by atoms with Gasteiger partial charge in [0.25, 0.3) is 0 Å². The first kappa shape index (κ1) is 12.2. The molecule has 88 valence electrons. The van der Waals surface area contributed by atoms with E-state index in [1.54, 1.807) is 18.2 Å². The van der Waals surface area contributed by atoms with E-state index in [-0.39, 0.29) is 16.7 Å². The summed E-state index contributed by atoms with van der Waals surface area (Å²) >= 11 is 17.5. The summed E-state index contributed by atoms with van der Waals surface area (Å²) in [5, 5.41) is 1.000. The second-order valence-electron chi connectivity index (χ2n) is 3.06. The number of nitrogens with two attached hydrogens (primary N) is 1. The van der Waals surface area contributed by atoms with Crippen molar-refractivity contribution in [1.29, 1.82) is 0 Å². The number of aromatic nitrogens is 2. The van der Waals surface area contributed by atoms with Crippen molar-refractivity contribution >= 4 is 40.5 Å². The fourth-order valence-electron chi connectivity index (χ4n) is 1.10. The van der Waals surface area contributed by atoms with Gasteiger partial charge < -0.3 is 10.5 Å². The molecule has 0 amide bonds. The molecular weight excluding hydrogens is 284 g/mol. The van der Waals surface area contributed by atoms with E-state index in [4.69, 9.17) is 45.3 Å². The zero-order valence-corrected chi connectivity index (χ0v) is 10.6. The Kier molecular flexibility index (Phi) is 3.57. The van der Waals surface area contributed by atoms with E-state index in [1.807, 2.05) is 0 Å². The van der Waals surface area contributed by atoms with Crippen LogP contribution in [0.5, 0.6) is 11.6 Å². The predicted octanol–water partition coefficient (Wildman–Crippen LogP) is 3.81. The number of ether oxygens (including phenoxy) is 1. The van der Waals surface area contributed by atoms with Gasteiger partial charge in [-0.1, -0.05) is 34.8 Å². The Hall–Kier alpha value is -1.23. The highest BCUT2D eigenvalue weighted by Crippen LogP contribution is 2.34. The van der Waals surface area contributed by atoms with E-state index in [0.29, 0.717) is 15.8 Å². The molecule has 17 heavy (non-hydrogen) atoms. The van der Waals surface area contributed by atoms with E-state index < -0.39 is 0 Å². The Labute approximate surface area is 112 Å². The van der Waals surface area contributed by atoms with Crippen molar-refractivity contribution in [3.05, 3.63) is 39.7 Å². The van der Waals surface area contributed by atoms with E-state index >= 15 is 0 Å². The van der Waals surface area contributed by atoms with Gasteiger partial charge in [0.1, 0.15) is 17.8 Å². The van der Waals surface area contributed by atoms with Gasteiger partial charge in [0.15, 0.2) is 5.15 Å². The third-order valence-electron chi connectivity index (χ3n) is 1.90. The normalized spacial score (nSPS) is 10.3. The lowest BCUT2D eigenvalue weighted by Gasteiger charge is -2.09. The molecule has 0 saturated heterocycles. The summed E-state index contributed by atoms with van der Waals surface area (Å²) in [5.74, 6) is 0.481. The molecule has 4 nitrogen and oxygen atoms in total. The first-order valence-corrected chi connectivity index (χ1v) is 5.60. The largest absolute Gasteiger partial charge is 0.435 e. The van der Waals surface area contributed by atoms with Crippen LogP contribution < -0.4 is 10.5 Å². The highest BCUT2D eigenvalue weighted by molar-refractivity contribution is 6.34. The third kappa shape index (κ3) is 2.72. The number of nitrogen functional groups attached to an aromatic ring is 1. The van der Waals surface area contributed by atoms with E-state index in [9.17, 15) is 0 Å². The third-order valence-corrected chi connectivity index (χ3v) is 2.75. The maximum atomic E-state index is 5.94. The minimum Gasteiger partial charge on any atom is -0.435 e. The van der Waals surface area contributed by atoms with Crippen LogP contribution >= 0.6 is 34.8 Å². The lowest BCUT2D eigenvalue weighted by atomic mass is 10.3. The number of benzene rings is 1. The van der Waals surface area contributed by atoms with Crippen LogP contribution in [0, 0.1) is 0 Å². The van der Waals surface area contributed by atoms with Crippen molar-refractivity contribution < 1.29 is 4.74 Å². The average Bonchev–Trinajstić information content (AvgIpc) is 2.30. The second-order valence-corrected chi connectivity index (χ2v) is 4.26. The quantitative estimate of drug-likeness (QED) is 0.854. The van der Waals surface area contributed by atoms with Gasteiger partial charge in [-0.2, -0.15) is 4.98 Å². The molecule has 1 heterocycles. The summed E-state index contributed by atoms with van der Waals surface area (Å²) in [5.41, 5.74) is 5.80. The molecule has 2 aromatic rings. The molecule has 1 aromatic heterocycles. The molecule has 0 unspecified atom stereocenters. The number of halogens is 3. The van der Waals surface area contributed by atoms with Gasteiger partial charge in [0.05, 0.1) is 5.02 Å². The van der Waals surface area contributed by atoms with Crippen molar-refractivity contribution in [1.82, 2.24) is 9.97 Å². The molecule has 0 aliphatic carbocycles. The summed E-state index contributed by atoms with van der Waals surface area (Å²) in [4.78, 5) is 7.57. The Morgan fingerprint density at radius 2 is 1.88 bits per heavy atom. The number of rotatable bonds is 2. The van der Waals surface area contributed by atoms with Crippen molar-refractivity contribution in [2.45, 2.75) is 0 Å². The minimum absolute atomic E-state index is 0.119. The number of hydrogen-bond donors (Lipinski definition) is 1. The highest BCUT2D eigenvalue weighted by atomic mass is 35.5. The molecule has 0 atom stereocenters. The van der Waals surface area contributed by atoms with Crippen LogP contribution in [0.1, 0.15) is 0 Å². The van der Waals surface area contributed by atoms with Crippen LogP contribution in [0.3, 0.4) is 0 Å². The molecule has 0 aliphatic heterocycles. The summed E-state index contributed by atoms with van der Waals surface area (Å²) in [7, 11) is 0. The van der Waals surface area contributed by atoms with Crippen LogP contribution in [0.4, 0.5) is 5.69 Å². The van der Waals surface area contributed by atoms with Crippen molar-refractivity contribution in [3.63, 3.8) is 0 Å². The molecule has 0 spiro atoms. The molecule has 0 fully saturated rings. The van der Waals surface area contributed by atoms with Gasteiger partial charge in [-0.15, -0.1) is 0 Å². The fraction of sp³-hybridized carbons (Fsp3) is 0. The van der Waals surface area contributed by atoms with Gasteiger partial charge in [-0.3, -0.25) is 0 Å². The molecule has 7 heteroatoms. The van der Waals surface area contributed by atoms with E-state index in [1.165, 1.54) is 6.33 Å². The molecule has 0 aliphatic rings. The molecule has 1 aromatic carbocycles. The minimum atomic E-state index is 0.119. The van der Waals surface area contributed by atoms with Gasteiger partial charge in [-0.05, 0) is 12.1 Å². The van der Waals surface area contributed by atoms with Crippen molar-refractivity contribution in [2.75, 3.05) is 5.73 Å². The summed E-state index contributed by atoms with van der Waals surface area (Å²) in [6.07, 6.45) is 1.24. The summed E-state index contributed by atoms with van der Waals surface area (Å²) in [6.45, 7) is 0. The Morgan fingerprint density at radius 1 is 1.12 bits per heavy atom. The standard InChI is InChI=1S/C10H6Cl3N3O/c11-5-1-2-6(12)7(3-5)17-10-8(14)9(13)15-4-16-10/h1-4H,14H2. The van der Waals surface area contributed by atoms with Gasteiger partial charge in [0, 0.05) is 11.1 Å². The Balaban J connectivity index is 2.38. The lowest BCUT2D eigenvalue weighted by Crippen LogP contribution is -1.97. The van der Waals surface area contributed by atoms with Crippen LogP contribution in [0.25, 0.3) is 0 Å². The van der Waals surface area contributed by atoms with Crippen molar-refractivity contribution in [2.24, 2.45) is 0 Å². The maximum absolute atomic E-state index is 5.94. The van der Waals surface area contributed by atoms with Crippen LogP contribution in [-0.4, -0.2) is 9.97 Å². The molecule has 0 bridgehead atoms. The summed E-state index contributed by atoms with van der Waals surface area (Å²) in [6, 6.07) is 4.81. The molecule has 0 saturated carbocycles. The number of nitrogens with zero attached hydrogens (tertiary/aromatic N) is 2. The van der Waals surface area contributed by atoms with Crippen LogP contribution in [-0.2, 0) is 0 Å². The Morgan fingerprint density at radius 3 is 2.65 bits per heavy atom. The van der Waals surface area contributed by atoms with Crippen LogP contribution in [0.15, 0.2) is 24.5 Å². The van der Waals surface area contributed by atoms with Gasteiger partial charge in [-0.25, -0.2) is 4.98 Å². The molecular formula is C10H6Cl3N3O. The molecule has 0 radical (unpaired) electrons. The van der Waals surface area contributed by atoms with Crippen LogP contribution in [0.2, 0.25) is 15.2 Å². The highest BCUT2D eigenvalue weighted by Gasteiger charge is 2.10. The lowest BCUT2D eigenvalue weighted by molar-refractivity contribution is 0.464. The monoisotopic (exact) mass is 289 g/mol. The topological polar surface area (TPSA) is 61.0 Å². The summed E-state index contributed by atoms with van der Waals surface area (Å²) < 4.78 is 5.42. The average molecular weight is 291 g/mol. The van der Waals surface area contributed by atoms with Gasteiger partial charge >= 0.3 is 0 Å². The van der Waals surface area contributed by atoms with E-state index in [2.05, 4.69) is 9.97 Å². The zero-order valence-electron chi connectivity index (χ0n) is 8.32. The molecule has 2 N–H and O–H groups in total. The fourth-order valence-corrected chi connectivity index (χ4v) is 1.54. The number of hydrogen-bond acceptors (Lipinski definition) is 4. The first-order chi connectivity index (χ1) is 8.08. The van der Waals surface area contributed by atoms with Gasteiger partial charge in [0.2, 0.25) is 5.88 Å². The second kappa shape index (κ2) is 4.96. The smallest absolute Gasteiger partial charge is 0.247 e. The van der Waals surface area contributed by atoms with E-state index in [0.717, 1.165) is 0 Å². The predicted molar refractivity (Wildman–Crippen MR) is 68.0 cm³/mol. The Bertz CT molecular complexity index is 562. The zero-order chi connectivity index (χ0) is 12.4. The SMILES string of the molecule is Nc1c(Cl)ncnc1Oc1cc(Cl)ccc1Cl. The first-order valence-electron chi connectivity index (χ1n) is 4.47. The maximum Gasteiger partial charge on any atom is 0.247 e. The number of anilines is 1. The molecule has 2 rings (SSSR count).